The summed E-state index contributed by atoms with van der Waals surface area (Å²) in [5.74, 6) is 1.15. The van der Waals surface area contributed by atoms with Gasteiger partial charge in [-0.15, -0.1) is 0 Å². The Morgan fingerprint density at radius 1 is 1.06 bits per heavy atom. The maximum Gasteiger partial charge on any atom is 0.241 e. The Morgan fingerprint density at radius 2 is 1.97 bits per heavy atom. The van der Waals surface area contributed by atoms with Crippen LogP contribution in [0.3, 0.4) is 0 Å². The molecular formula is C26H25ClN6O2. The van der Waals surface area contributed by atoms with Crippen molar-refractivity contribution in [3.05, 3.63) is 77.8 Å². The zero-order valence-corrected chi connectivity index (χ0v) is 19.8. The molecule has 3 heterocycles. The van der Waals surface area contributed by atoms with Gasteiger partial charge in [0.1, 0.15) is 24.5 Å². The molecule has 178 valence electrons. The lowest BCUT2D eigenvalue weighted by atomic mass is 10.0. The molecule has 2 aromatic heterocycles. The van der Waals surface area contributed by atoms with Crippen LogP contribution in [0.1, 0.15) is 25.0 Å². The van der Waals surface area contributed by atoms with E-state index in [2.05, 4.69) is 30.9 Å². The number of amides is 1. The van der Waals surface area contributed by atoms with E-state index in [0.717, 1.165) is 48.1 Å². The maximum atomic E-state index is 12.6. The molecule has 0 radical (unpaired) electrons. The number of nitrogens with zero attached hydrogens (tertiary/aromatic N) is 3. The third-order valence-electron chi connectivity index (χ3n) is 5.83. The van der Waals surface area contributed by atoms with Gasteiger partial charge in [-0.05, 0) is 67.9 Å². The quantitative estimate of drug-likeness (QED) is 0.333. The number of carbonyl (C=O) groups is 1. The Hall–Kier alpha value is -3.75. The molecule has 5 rings (SSSR count). The van der Waals surface area contributed by atoms with E-state index < -0.39 is 0 Å². The van der Waals surface area contributed by atoms with Crippen molar-refractivity contribution in [3.8, 4) is 5.75 Å². The fourth-order valence-corrected chi connectivity index (χ4v) is 4.24. The summed E-state index contributed by atoms with van der Waals surface area (Å²) in [6.45, 7) is 1.20. The Bertz CT molecular complexity index is 1330. The van der Waals surface area contributed by atoms with Gasteiger partial charge in [0.25, 0.3) is 0 Å². The Morgan fingerprint density at radius 3 is 2.77 bits per heavy atom. The second-order valence-electron chi connectivity index (χ2n) is 8.33. The highest BCUT2D eigenvalue weighted by Gasteiger charge is 2.20. The lowest BCUT2D eigenvalue weighted by molar-refractivity contribution is -0.118. The van der Waals surface area contributed by atoms with Crippen LogP contribution in [-0.2, 0) is 11.4 Å². The molecule has 0 spiro atoms. The van der Waals surface area contributed by atoms with Gasteiger partial charge < -0.3 is 20.7 Å². The standard InChI is InChI=1S/C26H25ClN6O2/c27-21-14-18(8-10-24(21)35-15-19-5-1-3-11-28-19)32-25-20-13-17(7-9-22(20)30-16-31-25)33-26(34)23-6-2-4-12-29-23/h1,3,5,7-11,13-14,16,23,29H,2,4,6,12,15H2,(H,33,34)(H,30,31,32). The Kier molecular flexibility index (Phi) is 7.02. The van der Waals surface area contributed by atoms with Crippen LogP contribution in [0.2, 0.25) is 5.02 Å². The first-order valence-corrected chi connectivity index (χ1v) is 11.9. The molecule has 4 aromatic rings. The second-order valence-corrected chi connectivity index (χ2v) is 8.73. The monoisotopic (exact) mass is 488 g/mol. The normalized spacial score (nSPS) is 15.5. The lowest BCUT2D eigenvalue weighted by Crippen LogP contribution is -2.43. The molecule has 0 saturated carbocycles. The van der Waals surface area contributed by atoms with E-state index in [4.69, 9.17) is 16.3 Å². The van der Waals surface area contributed by atoms with Crippen LogP contribution in [0.15, 0.2) is 67.1 Å². The number of carbonyl (C=O) groups excluding carboxylic acids is 1. The number of fused-ring (bicyclic) bond motifs is 1. The van der Waals surface area contributed by atoms with Gasteiger partial charge in [0, 0.05) is 23.0 Å². The fourth-order valence-electron chi connectivity index (χ4n) is 4.01. The van der Waals surface area contributed by atoms with Gasteiger partial charge in [-0.2, -0.15) is 0 Å². The Balaban J connectivity index is 1.31. The third-order valence-corrected chi connectivity index (χ3v) is 6.12. The fraction of sp³-hybridized carbons (Fsp3) is 0.231. The van der Waals surface area contributed by atoms with Crippen molar-refractivity contribution in [2.75, 3.05) is 17.2 Å². The minimum atomic E-state index is -0.162. The molecule has 1 fully saturated rings. The number of nitrogens with one attached hydrogen (secondary N) is 3. The van der Waals surface area contributed by atoms with E-state index in [1.807, 2.05) is 42.5 Å². The van der Waals surface area contributed by atoms with Crippen molar-refractivity contribution in [2.45, 2.75) is 31.9 Å². The molecule has 0 aliphatic carbocycles. The Labute approximate surface area is 208 Å². The molecule has 1 amide bonds. The zero-order valence-electron chi connectivity index (χ0n) is 19.0. The highest BCUT2D eigenvalue weighted by Crippen LogP contribution is 2.31. The highest BCUT2D eigenvalue weighted by atomic mass is 35.5. The van der Waals surface area contributed by atoms with Crippen molar-refractivity contribution in [2.24, 2.45) is 0 Å². The minimum Gasteiger partial charge on any atom is -0.486 e. The van der Waals surface area contributed by atoms with Crippen LogP contribution in [0, 0.1) is 0 Å². The topological polar surface area (TPSA) is 101 Å². The summed E-state index contributed by atoms with van der Waals surface area (Å²) in [5, 5.41) is 10.8. The number of hydrogen-bond donors (Lipinski definition) is 3. The summed E-state index contributed by atoms with van der Waals surface area (Å²) in [6, 6.07) is 16.6. The molecule has 9 heteroatoms. The van der Waals surface area contributed by atoms with E-state index in [0.29, 0.717) is 28.9 Å². The second kappa shape index (κ2) is 10.7. The SMILES string of the molecule is O=C(Nc1ccc2ncnc(Nc3ccc(OCc4ccccn4)c(Cl)c3)c2c1)C1CCCCN1. The van der Waals surface area contributed by atoms with Crippen LogP contribution in [0.25, 0.3) is 10.9 Å². The molecule has 1 aliphatic heterocycles. The summed E-state index contributed by atoms with van der Waals surface area (Å²) in [7, 11) is 0. The summed E-state index contributed by atoms with van der Waals surface area (Å²) >= 11 is 6.46. The minimum absolute atomic E-state index is 0.0246. The van der Waals surface area contributed by atoms with Crippen LogP contribution in [0.5, 0.6) is 5.75 Å². The molecule has 1 atom stereocenters. The van der Waals surface area contributed by atoms with E-state index in [1.54, 1.807) is 18.3 Å². The van der Waals surface area contributed by atoms with Crippen LogP contribution < -0.4 is 20.7 Å². The number of aromatic nitrogens is 3. The summed E-state index contributed by atoms with van der Waals surface area (Å²) in [4.78, 5) is 25.7. The third kappa shape index (κ3) is 5.67. The number of anilines is 3. The molecule has 1 unspecified atom stereocenters. The van der Waals surface area contributed by atoms with E-state index in [-0.39, 0.29) is 11.9 Å². The van der Waals surface area contributed by atoms with Gasteiger partial charge in [0.2, 0.25) is 5.91 Å². The van der Waals surface area contributed by atoms with E-state index >= 15 is 0 Å². The van der Waals surface area contributed by atoms with Crippen molar-refractivity contribution in [1.82, 2.24) is 20.3 Å². The van der Waals surface area contributed by atoms with Crippen LogP contribution >= 0.6 is 11.6 Å². The molecule has 1 saturated heterocycles. The number of benzene rings is 2. The number of ether oxygens (including phenoxy) is 1. The van der Waals surface area contributed by atoms with Crippen molar-refractivity contribution in [1.29, 1.82) is 0 Å². The van der Waals surface area contributed by atoms with Gasteiger partial charge in [0.15, 0.2) is 0 Å². The molecule has 2 aromatic carbocycles. The summed E-state index contributed by atoms with van der Waals surface area (Å²) in [6.07, 6.45) is 6.23. The average molecular weight is 489 g/mol. The number of piperidine rings is 1. The van der Waals surface area contributed by atoms with Gasteiger partial charge in [-0.25, -0.2) is 9.97 Å². The highest BCUT2D eigenvalue weighted by molar-refractivity contribution is 6.32. The predicted octanol–water partition coefficient (Wildman–Crippen LogP) is 5.08. The number of rotatable bonds is 7. The molecular weight excluding hydrogens is 464 g/mol. The van der Waals surface area contributed by atoms with Crippen molar-refractivity contribution >= 4 is 45.6 Å². The van der Waals surface area contributed by atoms with Gasteiger partial charge >= 0.3 is 0 Å². The smallest absolute Gasteiger partial charge is 0.241 e. The molecule has 1 aliphatic rings. The predicted molar refractivity (Wildman–Crippen MR) is 137 cm³/mol. The summed E-state index contributed by atoms with van der Waals surface area (Å²) in [5.41, 5.74) is 3.03. The first kappa shape index (κ1) is 23.0. The van der Waals surface area contributed by atoms with E-state index in [1.165, 1.54) is 6.33 Å². The first-order valence-electron chi connectivity index (χ1n) is 11.5. The van der Waals surface area contributed by atoms with Crippen molar-refractivity contribution in [3.63, 3.8) is 0 Å². The average Bonchev–Trinajstić information content (AvgIpc) is 2.90. The van der Waals surface area contributed by atoms with Gasteiger partial charge in [0.05, 0.1) is 22.3 Å². The van der Waals surface area contributed by atoms with Crippen LogP contribution in [0.4, 0.5) is 17.2 Å². The van der Waals surface area contributed by atoms with Crippen LogP contribution in [-0.4, -0.2) is 33.4 Å². The molecule has 8 nitrogen and oxygen atoms in total. The molecule has 3 N–H and O–H groups in total. The number of hydrogen-bond acceptors (Lipinski definition) is 7. The maximum absolute atomic E-state index is 12.6. The first-order chi connectivity index (χ1) is 17.2. The summed E-state index contributed by atoms with van der Waals surface area (Å²) < 4.78 is 5.81. The van der Waals surface area contributed by atoms with E-state index in [9.17, 15) is 4.79 Å². The lowest BCUT2D eigenvalue weighted by Gasteiger charge is -2.22. The van der Waals surface area contributed by atoms with Crippen molar-refractivity contribution < 1.29 is 9.53 Å². The largest absolute Gasteiger partial charge is 0.486 e. The molecule has 0 bridgehead atoms. The molecule has 35 heavy (non-hydrogen) atoms. The zero-order chi connectivity index (χ0) is 24.0. The number of pyridine rings is 1. The number of halogens is 1. The van der Waals surface area contributed by atoms with Gasteiger partial charge in [-0.3, -0.25) is 9.78 Å². The van der Waals surface area contributed by atoms with Gasteiger partial charge in [-0.1, -0.05) is 24.1 Å².